The Labute approximate surface area is 165 Å². The number of phenols is 1. The molecule has 9 heteroatoms. The maximum Gasteiger partial charge on any atom is 0.301 e. The van der Waals surface area contributed by atoms with Gasteiger partial charge in [0.25, 0.3) is 5.69 Å². The Morgan fingerprint density at radius 1 is 0.931 bits per heavy atom. The predicted octanol–water partition coefficient (Wildman–Crippen LogP) is 4.25. The van der Waals surface area contributed by atoms with Gasteiger partial charge in [-0.25, -0.2) is 0 Å². The van der Waals surface area contributed by atoms with Crippen LogP contribution in [0.5, 0.6) is 5.75 Å². The Balaban J connectivity index is 1.79. The molecule has 0 atom stereocenters. The third-order valence-electron chi connectivity index (χ3n) is 4.12. The lowest BCUT2D eigenvalue weighted by atomic mass is 10.0. The molecule has 0 unspecified atom stereocenters. The number of nitrogens with one attached hydrogen (secondary N) is 1. The van der Waals surface area contributed by atoms with Crippen LogP contribution in [0.2, 0.25) is 0 Å². The van der Waals surface area contributed by atoms with Crippen molar-refractivity contribution in [1.82, 2.24) is 0 Å². The zero-order valence-electron chi connectivity index (χ0n) is 15.1. The molecule has 0 fully saturated rings. The molecule has 2 N–H and O–H groups in total. The molecule has 3 rings (SSSR count). The van der Waals surface area contributed by atoms with Gasteiger partial charge in [0.2, 0.25) is 0 Å². The molecule has 0 aliphatic carbocycles. The summed E-state index contributed by atoms with van der Waals surface area (Å²) in [4.78, 5) is 20.5. The van der Waals surface area contributed by atoms with Crippen molar-refractivity contribution in [1.29, 1.82) is 0 Å². The number of phenolic OH excluding ortho intramolecular Hbond substituents is 1. The first-order chi connectivity index (χ1) is 13.9. The van der Waals surface area contributed by atoms with E-state index >= 15 is 0 Å². The molecule has 0 aliphatic rings. The Kier molecular flexibility index (Phi) is 5.79. The molecule has 29 heavy (non-hydrogen) atoms. The highest BCUT2D eigenvalue weighted by atomic mass is 16.6. The van der Waals surface area contributed by atoms with E-state index in [0.29, 0.717) is 12.0 Å². The van der Waals surface area contributed by atoms with Crippen molar-refractivity contribution in [3.63, 3.8) is 0 Å². The molecule has 146 valence electrons. The number of nitrogens with zero attached hydrogens (tertiary/aromatic N) is 3. The van der Waals surface area contributed by atoms with Crippen LogP contribution in [0, 0.1) is 20.2 Å². The van der Waals surface area contributed by atoms with E-state index in [0.717, 1.165) is 23.3 Å². The van der Waals surface area contributed by atoms with Gasteiger partial charge < -0.3 is 5.11 Å². The van der Waals surface area contributed by atoms with Crippen LogP contribution in [0.4, 0.5) is 17.1 Å². The first kappa shape index (κ1) is 19.5. The molecule has 0 saturated carbocycles. The molecule has 0 aliphatic heterocycles. The third-order valence-corrected chi connectivity index (χ3v) is 4.12. The number of nitro groups is 2. The van der Waals surface area contributed by atoms with Crippen LogP contribution in [-0.4, -0.2) is 21.2 Å². The molecular formula is C20H16N4O5. The van der Waals surface area contributed by atoms with Gasteiger partial charge in [-0.1, -0.05) is 36.4 Å². The van der Waals surface area contributed by atoms with Crippen molar-refractivity contribution in [2.24, 2.45) is 5.10 Å². The topological polar surface area (TPSA) is 131 Å². The smallest absolute Gasteiger partial charge is 0.301 e. The molecule has 3 aromatic rings. The molecule has 3 aromatic carbocycles. The summed E-state index contributed by atoms with van der Waals surface area (Å²) < 4.78 is 0. The predicted molar refractivity (Wildman–Crippen MR) is 108 cm³/mol. The quantitative estimate of drug-likeness (QED) is 0.351. The van der Waals surface area contributed by atoms with E-state index < -0.39 is 21.2 Å². The van der Waals surface area contributed by atoms with Crippen LogP contribution in [0.15, 0.2) is 71.8 Å². The lowest BCUT2D eigenvalue weighted by Gasteiger charge is -2.06. The fraction of sp³-hybridized carbons (Fsp3) is 0.0500. The van der Waals surface area contributed by atoms with Crippen molar-refractivity contribution >= 4 is 23.3 Å². The van der Waals surface area contributed by atoms with Crippen LogP contribution in [0.3, 0.4) is 0 Å². The summed E-state index contributed by atoms with van der Waals surface area (Å²) >= 11 is 0. The van der Waals surface area contributed by atoms with Gasteiger partial charge in [0, 0.05) is 11.6 Å². The van der Waals surface area contributed by atoms with E-state index in [2.05, 4.69) is 10.5 Å². The van der Waals surface area contributed by atoms with E-state index in [-0.39, 0.29) is 11.4 Å². The number of aromatic hydroxyl groups is 1. The number of nitro benzene ring substituents is 2. The molecule has 0 spiro atoms. The molecule has 0 bridgehead atoms. The highest BCUT2D eigenvalue weighted by molar-refractivity contribution is 5.84. The monoisotopic (exact) mass is 392 g/mol. The second kappa shape index (κ2) is 8.61. The Morgan fingerprint density at radius 3 is 2.38 bits per heavy atom. The molecule has 9 nitrogen and oxygen atoms in total. The van der Waals surface area contributed by atoms with E-state index in [1.807, 2.05) is 30.3 Å². The maximum atomic E-state index is 11.2. The second-order valence-electron chi connectivity index (χ2n) is 6.14. The number of hydrogen-bond donors (Lipinski definition) is 2. The summed E-state index contributed by atoms with van der Waals surface area (Å²) in [5.41, 5.74) is 4.13. The van der Waals surface area contributed by atoms with Crippen LogP contribution >= 0.6 is 0 Å². The third kappa shape index (κ3) is 4.92. The van der Waals surface area contributed by atoms with Gasteiger partial charge in [-0.05, 0) is 35.7 Å². The number of non-ortho nitro benzene ring substituents is 1. The molecular weight excluding hydrogens is 376 g/mol. The van der Waals surface area contributed by atoms with Crippen LogP contribution < -0.4 is 5.43 Å². The van der Waals surface area contributed by atoms with Gasteiger partial charge in [0.15, 0.2) is 0 Å². The standard InChI is InChI=1S/C20H16N4O5/c25-20-9-6-15(10-14-4-2-1-3-5-14)11-16(20)13-21-22-18-8-7-17(23(26)27)12-19(18)24(28)29/h1-9,11-13,22,25H,10H2/b21-13-. The van der Waals surface area contributed by atoms with Gasteiger partial charge in [-0.15, -0.1) is 0 Å². The van der Waals surface area contributed by atoms with Gasteiger partial charge in [-0.2, -0.15) is 5.10 Å². The van der Waals surface area contributed by atoms with E-state index in [4.69, 9.17) is 0 Å². The van der Waals surface area contributed by atoms with E-state index in [1.165, 1.54) is 12.3 Å². The minimum absolute atomic E-state index is 0.00298. The Bertz CT molecular complexity index is 1080. The van der Waals surface area contributed by atoms with Crippen LogP contribution in [-0.2, 0) is 6.42 Å². The summed E-state index contributed by atoms with van der Waals surface area (Å²) in [6.45, 7) is 0. The molecule has 0 heterocycles. The minimum Gasteiger partial charge on any atom is -0.507 e. The fourth-order valence-corrected chi connectivity index (χ4v) is 2.70. The van der Waals surface area contributed by atoms with Gasteiger partial charge in [-0.3, -0.25) is 25.7 Å². The van der Waals surface area contributed by atoms with Crippen LogP contribution in [0.25, 0.3) is 0 Å². The first-order valence-electron chi connectivity index (χ1n) is 8.52. The summed E-state index contributed by atoms with van der Waals surface area (Å²) in [6.07, 6.45) is 2.00. The van der Waals surface area contributed by atoms with E-state index in [9.17, 15) is 25.3 Å². The zero-order chi connectivity index (χ0) is 20.8. The van der Waals surface area contributed by atoms with Gasteiger partial charge >= 0.3 is 5.69 Å². The van der Waals surface area contributed by atoms with Gasteiger partial charge in [0.05, 0.1) is 22.1 Å². The van der Waals surface area contributed by atoms with Crippen molar-refractivity contribution in [2.75, 3.05) is 5.43 Å². The van der Waals surface area contributed by atoms with Crippen molar-refractivity contribution in [2.45, 2.75) is 6.42 Å². The largest absolute Gasteiger partial charge is 0.507 e. The van der Waals surface area contributed by atoms with Crippen molar-refractivity contribution in [3.05, 3.63) is 104 Å². The van der Waals surface area contributed by atoms with Crippen molar-refractivity contribution < 1.29 is 15.0 Å². The lowest BCUT2D eigenvalue weighted by Crippen LogP contribution is -1.99. The maximum absolute atomic E-state index is 11.2. The van der Waals surface area contributed by atoms with Gasteiger partial charge in [0.1, 0.15) is 11.4 Å². The minimum atomic E-state index is -0.733. The van der Waals surface area contributed by atoms with Crippen LogP contribution in [0.1, 0.15) is 16.7 Å². The normalized spacial score (nSPS) is 10.8. The summed E-state index contributed by atoms with van der Waals surface area (Å²) in [6, 6.07) is 18.1. The molecule has 0 radical (unpaired) electrons. The molecule has 0 amide bonds. The summed E-state index contributed by atoms with van der Waals surface area (Å²) in [7, 11) is 0. The highest BCUT2D eigenvalue weighted by Crippen LogP contribution is 2.29. The van der Waals surface area contributed by atoms with Crippen molar-refractivity contribution in [3.8, 4) is 5.75 Å². The number of hydrogen-bond acceptors (Lipinski definition) is 7. The summed E-state index contributed by atoms with van der Waals surface area (Å²) in [5, 5.41) is 35.9. The molecule has 0 aromatic heterocycles. The molecule has 0 saturated heterocycles. The zero-order valence-corrected chi connectivity index (χ0v) is 15.1. The highest BCUT2D eigenvalue weighted by Gasteiger charge is 2.19. The number of hydrazone groups is 1. The fourth-order valence-electron chi connectivity index (χ4n) is 2.70. The average molecular weight is 392 g/mol. The number of anilines is 1. The number of rotatable bonds is 7. The van der Waals surface area contributed by atoms with E-state index in [1.54, 1.807) is 18.2 Å². The second-order valence-corrected chi connectivity index (χ2v) is 6.14. The number of benzene rings is 3. The first-order valence-corrected chi connectivity index (χ1v) is 8.52. The Morgan fingerprint density at radius 2 is 1.69 bits per heavy atom. The Hall–Kier alpha value is -4.27. The summed E-state index contributed by atoms with van der Waals surface area (Å²) in [5.74, 6) is 0.00515. The average Bonchev–Trinajstić information content (AvgIpc) is 2.71. The lowest BCUT2D eigenvalue weighted by molar-refractivity contribution is -0.393. The SMILES string of the molecule is O=[N+]([O-])c1ccc(N/N=C\c2cc(Cc3ccccc3)ccc2O)c([N+](=O)[O-])c1.